The number of rotatable bonds is 3. The van der Waals surface area contributed by atoms with E-state index in [4.69, 9.17) is 10.00 Å². The Kier molecular flexibility index (Phi) is 3.18. The summed E-state index contributed by atoms with van der Waals surface area (Å²) in [4.78, 5) is 10.9. The summed E-state index contributed by atoms with van der Waals surface area (Å²) >= 11 is 0. The molecule has 3 heteroatoms. The van der Waals surface area contributed by atoms with Crippen LogP contribution in [0.2, 0.25) is 0 Å². The summed E-state index contributed by atoms with van der Waals surface area (Å²) in [6, 6.07) is 15.9. The fraction of sp³-hybridized carbons (Fsp3) is 0. The van der Waals surface area contributed by atoms with Crippen LogP contribution in [-0.2, 0) is 0 Å². The van der Waals surface area contributed by atoms with Crippen LogP contribution in [0.1, 0.15) is 15.9 Å². The van der Waals surface area contributed by atoms with Gasteiger partial charge in [0.15, 0.2) is 12.0 Å². The molecule has 0 radical (unpaired) electrons. The van der Waals surface area contributed by atoms with Gasteiger partial charge in [0.25, 0.3) is 0 Å². The van der Waals surface area contributed by atoms with Crippen molar-refractivity contribution in [1.29, 1.82) is 5.26 Å². The molecular formula is C14H9NO2. The highest BCUT2D eigenvalue weighted by molar-refractivity contribution is 5.81. The number of hydrogen-bond acceptors (Lipinski definition) is 3. The smallest absolute Gasteiger partial charge is 0.155 e. The van der Waals surface area contributed by atoms with Gasteiger partial charge in [-0.3, -0.25) is 4.79 Å². The number of benzene rings is 2. The van der Waals surface area contributed by atoms with Gasteiger partial charge >= 0.3 is 0 Å². The lowest BCUT2D eigenvalue weighted by molar-refractivity contribution is 0.112. The molecule has 0 N–H and O–H groups in total. The molecule has 0 aliphatic rings. The topological polar surface area (TPSA) is 50.1 Å². The van der Waals surface area contributed by atoms with E-state index in [1.54, 1.807) is 30.3 Å². The molecule has 2 rings (SSSR count). The molecule has 0 aliphatic carbocycles. The summed E-state index contributed by atoms with van der Waals surface area (Å²) in [7, 11) is 0. The molecule has 0 atom stereocenters. The minimum Gasteiger partial charge on any atom is -0.455 e. The maximum atomic E-state index is 10.9. The van der Waals surface area contributed by atoms with Gasteiger partial charge in [-0.1, -0.05) is 24.3 Å². The van der Waals surface area contributed by atoms with Crippen molar-refractivity contribution in [1.82, 2.24) is 0 Å². The van der Waals surface area contributed by atoms with Crippen LogP contribution >= 0.6 is 0 Å². The van der Waals surface area contributed by atoms with Gasteiger partial charge in [0, 0.05) is 0 Å². The molecule has 2 aromatic rings. The lowest BCUT2D eigenvalue weighted by atomic mass is 10.1. The van der Waals surface area contributed by atoms with Gasteiger partial charge in [0.05, 0.1) is 11.1 Å². The molecule has 3 nitrogen and oxygen atoms in total. The number of para-hydroxylation sites is 2. The van der Waals surface area contributed by atoms with Gasteiger partial charge in [-0.25, -0.2) is 0 Å². The average Bonchev–Trinajstić information content (AvgIpc) is 2.40. The van der Waals surface area contributed by atoms with Crippen molar-refractivity contribution in [3.63, 3.8) is 0 Å². The lowest BCUT2D eigenvalue weighted by Gasteiger charge is -2.09. The largest absolute Gasteiger partial charge is 0.455 e. The van der Waals surface area contributed by atoms with Gasteiger partial charge < -0.3 is 4.74 Å². The minimum atomic E-state index is 0.302. The molecule has 0 spiro atoms. The molecule has 2 aromatic carbocycles. The fourth-order valence-electron chi connectivity index (χ4n) is 1.46. The monoisotopic (exact) mass is 223 g/mol. The first-order valence-electron chi connectivity index (χ1n) is 5.06. The first-order chi connectivity index (χ1) is 8.35. The Morgan fingerprint density at radius 1 is 1.06 bits per heavy atom. The highest BCUT2D eigenvalue weighted by atomic mass is 16.5. The molecule has 0 bridgehead atoms. The van der Waals surface area contributed by atoms with E-state index in [0.717, 1.165) is 0 Å². The van der Waals surface area contributed by atoms with Crippen LogP contribution in [0.15, 0.2) is 48.5 Å². The zero-order valence-electron chi connectivity index (χ0n) is 8.96. The van der Waals surface area contributed by atoms with E-state index in [9.17, 15) is 4.79 Å². The number of nitrogens with zero attached hydrogens (tertiary/aromatic N) is 1. The average molecular weight is 223 g/mol. The second-order valence-electron chi connectivity index (χ2n) is 3.37. The summed E-state index contributed by atoms with van der Waals surface area (Å²) < 4.78 is 5.57. The summed E-state index contributed by atoms with van der Waals surface area (Å²) in [6.45, 7) is 0. The maximum Gasteiger partial charge on any atom is 0.155 e. The predicted octanol–water partition coefficient (Wildman–Crippen LogP) is 3.16. The van der Waals surface area contributed by atoms with Crippen molar-refractivity contribution in [3.05, 3.63) is 59.7 Å². The normalized spacial score (nSPS) is 9.35. The van der Waals surface area contributed by atoms with Crippen molar-refractivity contribution in [2.75, 3.05) is 0 Å². The van der Waals surface area contributed by atoms with Gasteiger partial charge in [-0.15, -0.1) is 0 Å². The highest BCUT2D eigenvalue weighted by Gasteiger charge is 2.09. The van der Waals surface area contributed by atoms with Crippen LogP contribution in [0.25, 0.3) is 0 Å². The van der Waals surface area contributed by atoms with E-state index >= 15 is 0 Å². The third-order valence-electron chi connectivity index (χ3n) is 2.26. The van der Waals surface area contributed by atoms with E-state index in [-0.39, 0.29) is 0 Å². The third kappa shape index (κ3) is 2.32. The van der Waals surface area contributed by atoms with Gasteiger partial charge in [-0.2, -0.15) is 5.26 Å². The predicted molar refractivity (Wildman–Crippen MR) is 63.1 cm³/mol. The number of carbonyl (C=O) groups is 1. The van der Waals surface area contributed by atoms with Crippen LogP contribution in [0.4, 0.5) is 0 Å². The second-order valence-corrected chi connectivity index (χ2v) is 3.37. The summed E-state index contributed by atoms with van der Waals surface area (Å²) in [5.74, 6) is 0.898. The summed E-state index contributed by atoms with van der Waals surface area (Å²) in [5, 5.41) is 8.97. The van der Waals surface area contributed by atoms with Crippen LogP contribution < -0.4 is 4.74 Å². The standard InChI is InChI=1S/C14H9NO2/c15-9-11-5-4-6-12(10-16)14(11)17-13-7-2-1-3-8-13/h1-8,10H. The van der Waals surface area contributed by atoms with Crippen LogP contribution in [0, 0.1) is 11.3 Å². The van der Waals surface area contributed by atoms with E-state index in [1.165, 1.54) is 0 Å². The first-order valence-corrected chi connectivity index (χ1v) is 5.06. The molecule has 0 fully saturated rings. The molecule has 0 saturated heterocycles. The van der Waals surface area contributed by atoms with Crippen molar-refractivity contribution >= 4 is 6.29 Å². The SMILES string of the molecule is N#Cc1cccc(C=O)c1Oc1ccccc1. The Bertz CT molecular complexity index is 571. The Labute approximate surface area is 98.9 Å². The Morgan fingerprint density at radius 2 is 1.82 bits per heavy atom. The quantitative estimate of drug-likeness (QED) is 0.751. The molecule has 0 unspecified atom stereocenters. The van der Waals surface area contributed by atoms with Crippen molar-refractivity contribution < 1.29 is 9.53 Å². The summed E-state index contributed by atoms with van der Waals surface area (Å²) in [6.07, 6.45) is 0.680. The molecule has 0 heterocycles. The van der Waals surface area contributed by atoms with E-state index in [0.29, 0.717) is 28.9 Å². The van der Waals surface area contributed by atoms with Gasteiger partial charge in [-0.05, 0) is 24.3 Å². The van der Waals surface area contributed by atoms with E-state index in [2.05, 4.69) is 0 Å². The van der Waals surface area contributed by atoms with Gasteiger partial charge in [0.1, 0.15) is 11.8 Å². The second kappa shape index (κ2) is 4.95. The van der Waals surface area contributed by atoms with Crippen molar-refractivity contribution in [3.8, 4) is 17.6 Å². The number of hydrogen-bond donors (Lipinski definition) is 0. The fourth-order valence-corrected chi connectivity index (χ4v) is 1.46. The molecule has 0 saturated carbocycles. The Balaban J connectivity index is 2.45. The zero-order chi connectivity index (χ0) is 12.1. The maximum absolute atomic E-state index is 10.9. The Hall–Kier alpha value is -2.60. The molecular weight excluding hydrogens is 214 g/mol. The molecule has 0 aromatic heterocycles. The number of carbonyl (C=O) groups excluding carboxylic acids is 1. The molecule has 82 valence electrons. The Morgan fingerprint density at radius 3 is 2.47 bits per heavy atom. The van der Waals surface area contributed by atoms with Crippen molar-refractivity contribution in [2.45, 2.75) is 0 Å². The number of aldehydes is 1. The highest BCUT2D eigenvalue weighted by Crippen LogP contribution is 2.27. The van der Waals surface area contributed by atoms with Gasteiger partial charge in [0.2, 0.25) is 0 Å². The molecule has 0 aliphatic heterocycles. The zero-order valence-corrected chi connectivity index (χ0v) is 8.96. The minimum absolute atomic E-state index is 0.302. The van der Waals surface area contributed by atoms with E-state index < -0.39 is 0 Å². The number of ether oxygens (including phenoxy) is 1. The summed E-state index contributed by atoms with van der Waals surface area (Å²) in [5.41, 5.74) is 0.714. The molecule has 17 heavy (non-hydrogen) atoms. The van der Waals surface area contributed by atoms with Crippen LogP contribution in [0.5, 0.6) is 11.5 Å². The number of nitriles is 1. The lowest BCUT2D eigenvalue weighted by Crippen LogP contribution is -1.93. The van der Waals surface area contributed by atoms with Crippen LogP contribution in [0.3, 0.4) is 0 Å². The van der Waals surface area contributed by atoms with E-state index in [1.807, 2.05) is 24.3 Å². The first kappa shape index (κ1) is 10.9. The molecule has 0 amide bonds. The van der Waals surface area contributed by atoms with Crippen molar-refractivity contribution in [2.24, 2.45) is 0 Å². The van der Waals surface area contributed by atoms with Crippen LogP contribution in [-0.4, -0.2) is 6.29 Å². The third-order valence-corrected chi connectivity index (χ3v) is 2.26.